The largest absolute Gasteiger partial charge is 0.416 e. The lowest BCUT2D eigenvalue weighted by molar-refractivity contribution is -0.137. The van der Waals surface area contributed by atoms with Crippen LogP contribution < -0.4 is 21.3 Å². The molecule has 38 heavy (non-hydrogen) atoms. The number of benzene rings is 3. The number of halogens is 4. The van der Waals surface area contributed by atoms with E-state index in [0.29, 0.717) is 28.9 Å². The predicted molar refractivity (Wildman–Crippen MR) is 138 cm³/mol. The molecular formula is C27H26F4N4O3. The zero-order valence-electron chi connectivity index (χ0n) is 20.3. The minimum atomic E-state index is -4.72. The van der Waals surface area contributed by atoms with Gasteiger partial charge in [0.1, 0.15) is 11.9 Å². The summed E-state index contributed by atoms with van der Waals surface area (Å²) in [5.41, 5.74) is 0.896. The molecule has 3 aromatic carbocycles. The molecule has 0 bridgehead atoms. The van der Waals surface area contributed by atoms with E-state index in [2.05, 4.69) is 21.3 Å². The van der Waals surface area contributed by atoms with Gasteiger partial charge in [0.2, 0.25) is 11.8 Å². The van der Waals surface area contributed by atoms with Crippen molar-refractivity contribution in [2.24, 2.45) is 0 Å². The Morgan fingerprint density at radius 2 is 1.63 bits per heavy atom. The number of nitrogens with one attached hydrogen (secondary N) is 4. The fraction of sp³-hybridized carbons (Fsp3) is 0.185. The van der Waals surface area contributed by atoms with Crippen LogP contribution in [0.1, 0.15) is 22.7 Å². The van der Waals surface area contributed by atoms with Gasteiger partial charge in [-0.2, -0.15) is 13.2 Å². The SMILES string of the molecule is CNc1ccccc1NC(=O)/C=C/c1ccc(C(NCCO)C(=O)Nc2ccc(C(F)(F)F)cc2F)cc1. The molecule has 3 rings (SSSR count). The molecule has 11 heteroatoms. The number of amides is 2. The van der Waals surface area contributed by atoms with Crippen LogP contribution in [-0.4, -0.2) is 37.1 Å². The van der Waals surface area contributed by atoms with E-state index in [4.69, 9.17) is 0 Å². The minimum Gasteiger partial charge on any atom is -0.395 e. The molecule has 0 aliphatic carbocycles. The molecule has 200 valence electrons. The number of carbonyl (C=O) groups excluding carboxylic acids is 2. The van der Waals surface area contributed by atoms with E-state index >= 15 is 0 Å². The van der Waals surface area contributed by atoms with Crippen LogP contribution in [0.4, 0.5) is 34.6 Å². The van der Waals surface area contributed by atoms with Crippen molar-refractivity contribution in [3.63, 3.8) is 0 Å². The summed E-state index contributed by atoms with van der Waals surface area (Å²) >= 11 is 0. The highest BCUT2D eigenvalue weighted by Gasteiger charge is 2.31. The van der Waals surface area contributed by atoms with Crippen LogP contribution in [0.25, 0.3) is 6.08 Å². The molecule has 0 fully saturated rings. The number of aliphatic hydroxyl groups excluding tert-OH is 1. The number of aliphatic hydroxyl groups is 1. The number of hydrogen-bond acceptors (Lipinski definition) is 5. The molecule has 2 amide bonds. The van der Waals surface area contributed by atoms with E-state index in [1.54, 1.807) is 49.5 Å². The first-order valence-electron chi connectivity index (χ1n) is 11.5. The summed E-state index contributed by atoms with van der Waals surface area (Å²) < 4.78 is 52.6. The fourth-order valence-electron chi connectivity index (χ4n) is 3.52. The van der Waals surface area contributed by atoms with E-state index in [0.717, 1.165) is 11.8 Å². The molecule has 0 aliphatic heterocycles. The molecule has 0 aromatic heterocycles. The van der Waals surface area contributed by atoms with Gasteiger partial charge in [-0.05, 0) is 47.5 Å². The summed E-state index contributed by atoms with van der Waals surface area (Å²) in [6.45, 7) is -0.255. The summed E-state index contributed by atoms with van der Waals surface area (Å²) in [7, 11) is 1.74. The standard InChI is InChI=1S/C27H26F4N4O3/c1-32-22-4-2-3-5-23(22)34-24(37)13-8-17-6-9-18(10-7-17)25(33-14-15-36)26(38)35-21-12-11-19(16-20(21)28)27(29,30)31/h2-13,16,25,32-33,36H,14-15H2,1H3,(H,34,37)(H,35,38)/b13-8+. The Balaban J connectivity index is 1.71. The molecule has 0 aliphatic rings. The quantitative estimate of drug-likeness (QED) is 0.192. The zero-order chi connectivity index (χ0) is 27.7. The maximum absolute atomic E-state index is 14.2. The molecular weight excluding hydrogens is 504 g/mol. The first-order chi connectivity index (χ1) is 18.1. The van der Waals surface area contributed by atoms with E-state index in [1.807, 2.05) is 12.1 Å². The highest BCUT2D eigenvalue weighted by molar-refractivity contribution is 6.03. The Labute approximate surface area is 216 Å². The third-order valence-electron chi connectivity index (χ3n) is 5.43. The van der Waals surface area contributed by atoms with Crippen molar-refractivity contribution < 1.29 is 32.3 Å². The molecule has 0 spiro atoms. The van der Waals surface area contributed by atoms with Gasteiger partial charge >= 0.3 is 6.18 Å². The Morgan fingerprint density at radius 3 is 2.24 bits per heavy atom. The summed E-state index contributed by atoms with van der Waals surface area (Å²) in [4.78, 5) is 25.2. The van der Waals surface area contributed by atoms with Crippen molar-refractivity contribution >= 4 is 35.0 Å². The maximum Gasteiger partial charge on any atom is 0.416 e. The van der Waals surface area contributed by atoms with E-state index in [1.165, 1.54) is 6.08 Å². The van der Waals surface area contributed by atoms with E-state index < -0.39 is 35.2 Å². The second-order valence-corrected chi connectivity index (χ2v) is 8.08. The number of rotatable bonds is 10. The minimum absolute atomic E-state index is 0.0312. The van der Waals surface area contributed by atoms with Crippen molar-refractivity contribution in [2.45, 2.75) is 12.2 Å². The van der Waals surface area contributed by atoms with Crippen LogP contribution in [0.5, 0.6) is 0 Å². The van der Waals surface area contributed by atoms with Gasteiger partial charge in [0.15, 0.2) is 0 Å². The average Bonchev–Trinajstić information content (AvgIpc) is 2.89. The maximum atomic E-state index is 14.2. The summed E-state index contributed by atoms with van der Waals surface area (Å²) in [6, 6.07) is 14.5. The van der Waals surface area contributed by atoms with Gasteiger partial charge < -0.3 is 21.1 Å². The lowest BCUT2D eigenvalue weighted by atomic mass is 10.0. The first kappa shape index (κ1) is 28.4. The lowest BCUT2D eigenvalue weighted by Gasteiger charge is -2.19. The molecule has 0 radical (unpaired) electrons. The highest BCUT2D eigenvalue weighted by atomic mass is 19.4. The van der Waals surface area contributed by atoms with Gasteiger partial charge in [-0.15, -0.1) is 0 Å². The summed E-state index contributed by atoms with van der Waals surface area (Å²) in [5.74, 6) is -2.31. The number of carbonyl (C=O) groups is 2. The number of anilines is 3. The van der Waals surface area contributed by atoms with Gasteiger partial charge in [0, 0.05) is 19.7 Å². The van der Waals surface area contributed by atoms with Gasteiger partial charge in [-0.1, -0.05) is 36.4 Å². The number of para-hydroxylation sites is 2. The first-order valence-corrected chi connectivity index (χ1v) is 11.5. The number of hydrogen-bond donors (Lipinski definition) is 5. The smallest absolute Gasteiger partial charge is 0.395 e. The van der Waals surface area contributed by atoms with Crippen molar-refractivity contribution in [2.75, 3.05) is 36.1 Å². The van der Waals surface area contributed by atoms with Crippen LogP contribution in [0, 0.1) is 5.82 Å². The van der Waals surface area contributed by atoms with Gasteiger partial charge in [0.05, 0.1) is 29.2 Å². The normalized spacial score (nSPS) is 12.3. The second kappa shape index (κ2) is 12.8. The van der Waals surface area contributed by atoms with Crippen LogP contribution in [0.3, 0.4) is 0 Å². The summed E-state index contributed by atoms with van der Waals surface area (Å²) in [5, 5.41) is 20.0. The Morgan fingerprint density at radius 1 is 0.947 bits per heavy atom. The molecule has 7 nitrogen and oxygen atoms in total. The van der Waals surface area contributed by atoms with Crippen molar-refractivity contribution in [3.8, 4) is 0 Å². The van der Waals surface area contributed by atoms with Crippen molar-refractivity contribution in [1.82, 2.24) is 5.32 Å². The fourth-order valence-corrected chi connectivity index (χ4v) is 3.52. The third kappa shape index (κ3) is 7.64. The lowest BCUT2D eigenvalue weighted by Crippen LogP contribution is -2.34. The van der Waals surface area contributed by atoms with Crippen LogP contribution in [0.2, 0.25) is 0 Å². The monoisotopic (exact) mass is 530 g/mol. The molecule has 5 N–H and O–H groups in total. The molecule has 0 saturated heterocycles. The van der Waals surface area contributed by atoms with E-state index in [-0.39, 0.29) is 19.1 Å². The molecule has 0 saturated carbocycles. The zero-order valence-corrected chi connectivity index (χ0v) is 20.3. The molecule has 0 heterocycles. The van der Waals surface area contributed by atoms with Crippen LogP contribution in [0.15, 0.2) is 72.8 Å². The Bertz CT molecular complexity index is 1290. The van der Waals surface area contributed by atoms with Crippen LogP contribution >= 0.6 is 0 Å². The highest BCUT2D eigenvalue weighted by Crippen LogP contribution is 2.31. The van der Waals surface area contributed by atoms with E-state index in [9.17, 15) is 32.3 Å². The van der Waals surface area contributed by atoms with Gasteiger partial charge in [0.25, 0.3) is 0 Å². The molecule has 3 aromatic rings. The van der Waals surface area contributed by atoms with Gasteiger partial charge in [-0.25, -0.2) is 4.39 Å². The van der Waals surface area contributed by atoms with Gasteiger partial charge in [-0.3, -0.25) is 14.9 Å². The topological polar surface area (TPSA) is 102 Å². The third-order valence-corrected chi connectivity index (χ3v) is 5.43. The Hall–Kier alpha value is -4.22. The predicted octanol–water partition coefficient (Wildman–Crippen LogP) is 4.80. The summed E-state index contributed by atoms with van der Waals surface area (Å²) in [6.07, 6.45) is -1.79. The van der Waals surface area contributed by atoms with Crippen molar-refractivity contribution in [1.29, 1.82) is 0 Å². The average molecular weight is 531 g/mol. The molecule has 1 unspecified atom stereocenters. The van der Waals surface area contributed by atoms with Crippen LogP contribution in [-0.2, 0) is 15.8 Å². The molecule has 1 atom stereocenters. The second-order valence-electron chi connectivity index (χ2n) is 8.08. The number of alkyl halides is 3. The van der Waals surface area contributed by atoms with Crippen molar-refractivity contribution in [3.05, 3.63) is 95.3 Å². The Kier molecular flexibility index (Phi) is 9.58.